The van der Waals surface area contributed by atoms with Crippen molar-refractivity contribution in [2.45, 2.75) is 38.0 Å². The topological polar surface area (TPSA) is 83.9 Å². The molecule has 2 aromatic heterocycles. The molecule has 0 spiro atoms. The number of anilines is 1. The molecule has 1 N–H and O–H groups in total. The van der Waals surface area contributed by atoms with Crippen LogP contribution in [0.4, 0.5) is 5.82 Å². The number of hydrogen-bond acceptors (Lipinski definition) is 6. The Morgan fingerprint density at radius 1 is 1.15 bits per heavy atom. The zero-order chi connectivity index (χ0) is 17.9. The lowest BCUT2D eigenvalue weighted by Crippen LogP contribution is -2.40. The van der Waals surface area contributed by atoms with E-state index in [2.05, 4.69) is 25.3 Å². The molecule has 0 aromatic carbocycles. The minimum absolute atomic E-state index is 0.0324. The number of rotatable bonds is 5. The van der Waals surface area contributed by atoms with Gasteiger partial charge in [-0.1, -0.05) is 0 Å². The van der Waals surface area contributed by atoms with E-state index in [1.807, 2.05) is 11.9 Å². The number of aromatic nitrogens is 4. The third kappa shape index (κ3) is 3.66. The number of hydrogen-bond donors (Lipinski definition) is 1. The summed E-state index contributed by atoms with van der Waals surface area (Å²) in [5.74, 6) is 2.63. The molecule has 1 atom stereocenters. The van der Waals surface area contributed by atoms with Gasteiger partial charge in [-0.15, -0.1) is 0 Å². The molecule has 1 amide bonds. The number of nitrogens with zero attached hydrogens (tertiary/aromatic N) is 5. The van der Waals surface area contributed by atoms with Crippen LogP contribution in [0.2, 0.25) is 0 Å². The normalized spacial score (nSPS) is 20.0. The monoisotopic (exact) mass is 352 g/mol. The fourth-order valence-electron chi connectivity index (χ4n) is 3.60. The average Bonchev–Trinajstić information content (AvgIpc) is 3.53. The van der Waals surface area contributed by atoms with Crippen LogP contribution in [0.25, 0.3) is 0 Å². The first kappa shape index (κ1) is 16.9. The first-order chi connectivity index (χ1) is 12.7. The van der Waals surface area contributed by atoms with E-state index in [9.17, 15) is 4.79 Å². The summed E-state index contributed by atoms with van der Waals surface area (Å²) in [5, 5.41) is 3.09. The van der Waals surface area contributed by atoms with Crippen molar-refractivity contribution < 1.29 is 4.79 Å². The predicted molar refractivity (Wildman–Crippen MR) is 97.9 cm³/mol. The quantitative estimate of drug-likeness (QED) is 0.889. The molecule has 0 unspecified atom stereocenters. The van der Waals surface area contributed by atoms with Gasteiger partial charge in [0.15, 0.2) is 0 Å². The number of carbonyl (C=O) groups is 1. The van der Waals surface area contributed by atoms with E-state index in [0.717, 1.165) is 62.5 Å². The summed E-state index contributed by atoms with van der Waals surface area (Å²) in [6.45, 7) is 1.53. The Morgan fingerprint density at radius 3 is 2.65 bits per heavy atom. The second-order valence-corrected chi connectivity index (χ2v) is 7.17. The molecule has 1 saturated carbocycles. The molecular weight excluding hydrogens is 328 g/mol. The lowest BCUT2D eigenvalue weighted by atomic mass is 9.93. The van der Waals surface area contributed by atoms with Crippen LogP contribution in [-0.2, 0) is 6.42 Å². The zero-order valence-corrected chi connectivity index (χ0v) is 15.1. The Labute approximate surface area is 153 Å². The van der Waals surface area contributed by atoms with Gasteiger partial charge in [-0.25, -0.2) is 15.0 Å². The van der Waals surface area contributed by atoms with Crippen molar-refractivity contribution in [3.8, 4) is 0 Å². The van der Waals surface area contributed by atoms with E-state index in [1.54, 1.807) is 24.8 Å². The van der Waals surface area contributed by atoms with Crippen LogP contribution < -0.4 is 5.32 Å². The van der Waals surface area contributed by atoms with Crippen molar-refractivity contribution in [3.63, 3.8) is 0 Å². The zero-order valence-electron chi connectivity index (χ0n) is 15.1. The maximum atomic E-state index is 12.8. The Morgan fingerprint density at radius 2 is 1.92 bits per heavy atom. The van der Waals surface area contributed by atoms with Crippen LogP contribution in [0, 0.1) is 5.92 Å². The number of amides is 1. The lowest BCUT2D eigenvalue weighted by Gasteiger charge is -2.32. The molecule has 26 heavy (non-hydrogen) atoms. The summed E-state index contributed by atoms with van der Waals surface area (Å²) < 4.78 is 0. The molecule has 7 heteroatoms. The third-order valence-corrected chi connectivity index (χ3v) is 5.16. The van der Waals surface area contributed by atoms with Crippen LogP contribution >= 0.6 is 0 Å². The Hall–Kier alpha value is -2.57. The number of nitrogens with one attached hydrogen (secondary N) is 1. The molecule has 136 valence electrons. The molecule has 2 fully saturated rings. The van der Waals surface area contributed by atoms with Crippen molar-refractivity contribution in [3.05, 3.63) is 41.9 Å². The Balaban J connectivity index is 1.41. The highest BCUT2D eigenvalue weighted by molar-refractivity contribution is 5.93. The molecule has 2 aromatic rings. The summed E-state index contributed by atoms with van der Waals surface area (Å²) >= 11 is 0. The summed E-state index contributed by atoms with van der Waals surface area (Å²) in [7, 11) is 1.86. The molecule has 3 heterocycles. The molecule has 0 bridgehead atoms. The van der Waals surface area contributed by atoms with Crippen LogP contribution in [0.15, 0.2) is 24.8 Å². The fraction of sp³-hybridized carbons (Fsp3) is 0.526. The first-order valence-corrected chi connectivity index (χ1v) is 9.33. The maximum Gasteiger partial charge on any atom is 0.256 e. The van der Waals surface area contributed by atoms with Crippen molar-refractivity contribution in [1.29, 1.82) is 0 Å². The third-order valence-electron chi connectivity index (χ3n) is 5.16. The smallest absolute Gasteiger partial charge is 0.256 e. The lowest BCUT2D eigenvalue weighted by molar-refractivity contribution is 0.0672. The van der Waals surface area contributed by atoms with E-state index in [1.165, 1.54) is 0 Å². The van der Waals surface area contributed by atoms with Gasteiger partial charge in [0.05, 0.1) is 11.3 Å². The molecule has 1 saturated heterocycles. The highest BCUT2D eigenvalue weighted by atomic mass is 16.2. The average molecular weight is 352 g/mol. The van der Waals surface area contributed by atoms with E-state index in [4.69, 9.17) is 0 Å². The first-order valence-electron chi connectivity index (χ1n) is 9.33. The summed E-state index contributed by atoms with van der Waals surface area (Å²) in [6, 6.07) is 0. The summed E-state index contributed by atoms with van der Waals surface area (Å²) in [4.78, 5) is 32.3. The largest absolute Gasteiger partial charge is 0.372 e. The summed E-state index contributed by atoms with van der Waals surface area (Å²) in [6.07, 6.45) is 12.1. The van der Waals surface area contributed by atoms with Crippen LogP contribution in [0.5, 0.6) is 0 Å². The fourth-order valence-corrected chi connectivity index (χ4v) is 3.60. The number of carbonyl (C=O) groups excluding carboxylic acids is 1. The van der Waals surface area contributed by atoms with Crippen molar-refractivity contribution in [1.82, 2.24) is 24.8 Å². The van der Waals surface area contributed by atoms with Crippen molar-refractivity contribution in [2.24, 2.45) is 5.92 Å². The van der Waals surface area contributed by atoms with E-state index in [-0.39, 0.29) is 5.91 Å². The van der Waals surface area contributed by atoms with Crippen molar-refractivity contribution >= 4 is 11.7 Å². The maximum absolute atomic E-state index is 12.8. The minimum atomic E-state index is 0.0324. The second kappa shape index (κ2) is 7.35. The van der Waals surface area contributed by atoms with Crippen LogP contribution in [-0.4, -0.2) is 50.9 Å². The predicted octanol–water partition coefficient (Wildman–Crippen LogP) is 2.28. The Kier molecular flexibility index (Phi) is 4.77. The van der Waals surface area contributed by atoms with Gasteiger partial charge in [0.2, 0.25) is 0 Å². The van der Waals surface area contributed by atoms with Crippen molar-refractivity contribution in [2.75, 3.05) is 25.5 Å². The van der Waals surface area contributed by atoms with Gasteiger partial charge in [-0.05, 0) is 38.0 Å². The summed E-state index contributed by atoms with van der Waals surface area (Å²) in [5.41, 5.74) is 1.55. The number of piperidine rings is 1. The molecule has 1 aliphatic carbocycles. The molecule has 2 aliphatic rings. The standard InChI is InChI=1S/C19H24N6O/c1-20-18-16(21-6-7-22-18)9-13-3-2-8-25(12-13)19(26)15-10-23-17(24-11-15)14-4-5-14/h6-7,10-11,13-14H,2-5,8-9,12H2,1H3,(H,20,22)/t13-/m0/s1. The van der Waals surface area contributed by atoms with Gasteiger partial charge >= 0.3 is 0 Å². The molecule has 1 aliphatic heterocycles. The van der Waals surface area contributed by atoms with Gasteiger partial charge in [0, 0.05) is 50.8 Å². The SMILES string of the molecule is CNc1nccnc1C[C@@H]1CCCN(C(=O)c2cnc(C3CC3)nc2)C1. The van der Waals surface area contributed by atoms with Gasteiger partial charge < -0.3 is 10.2 Å². The van der Waals surface area contributed by atoms with Gasteiger partial charge in [-0.2, -0.15) is 0 Å². The van der Waals surface area contributed by atoms with Crippen LogP contribution in [0.3, 0.4) is 0 Å². The van der Waals surface area contributed by atoms with Gasteiger partial charge in [0.25, 0.3) is 5.91 Å². The van der Waals surface area contributed by atoms with E-state index < -0.39 is 0 Å². The Bertz CT molecular complexity index is 774. The number of likely N-dealkylation sites (tertiary alicyclic amines) is 1. The highest BCUT2D eigenvalue weighted by Crippen LogP contribution is 2.37. The minimum Gasteiger partial charge on any atom is -0.372 e. The van der Waals surface area contributed by atoms with Crippen LogP contribution in [0.1, 0.15) is 53.5 Å². The second-order valence-electron chi connectivity index (χ2n) is 7.17. The molecule has 7 nitrogen and oxygen atoms in total. The van der Waals surface area contributed by atoms with Gasteiger partial charge in [-0.3, -0.25) is 9.78 Å². The molecule has 4 rings (SSSR count). The highest BCUT2D eigenvalue weighted by Gasteiger charge is 2.28. The molecular formula is C19H24N6O. The van der Waals surface area contributed by atoms with E-state index >= 15 is 0 Å². The molecule has 0 radical (unpaired) electrons. The van der Waals surface area contributed by atoms with Gasteiger partial charge in [0.1, 0.15) is 11.6 Å². The van der Waals surface area contributed by atoms with E-state index in [0.29, 0.717) is 17.4 Å².